The molecule has 2 heterocycles. The van der Waals surface area contributed by atoms with Crippen molar-refractivity contribution in [3.8, 4) is 0 Å². The molecule has 0 unspecified atom stereocenters. The van der Waals surface area contributed by atoms with Crippen molar-refractivity contribution >= 4 is 11.9 Å². The lowest BCUT2D eigenvalue weighted by Gasteiger charge is -2.34. The number of carbonyl (C=O) groups is 1. The molecule has 1 aromatic rings. The summed E-state index contributed by atoms with van der Waals surface area (Å²) >= 11 is 0. The topological polar surface area (TPSA) is 118 Å². The predicted octanol–water partition coefficient (Wildman–Crippen LogP) is -0.654. The first-order valence-electron chi connectivity index (χ1n) is 6.01. The number of guanidine groups is 1. The van der Waals surface area contributed by atoms with Gasteiger partial charge >= 0.3 is 0 Å². The van der Waals surface area contributed by atoms with Gasteiger partial charge in [-0.3, -0.25) is 9.78 Å². The van der Waals surface area contributed by atoms with Gasteiger partial charge in [0.2, 0.25) is 0 Å². The van der Waals surface area contributed by atoms with Crippen LogP contribution in [-0.4, -0.2) is 57.9 Å². The van der Waals surface area contributed by atoms with E-state index in [1.165, 1.54) is 0 Å². The van der Waals surface area contributed by atoms with Gasteiger partial charge in [0, 0.05) is 32.4 Å². The average Bonchev–Trinajstić information content (AvgIpc) is 2.47. The van der Waals surface area contributed by atoms with Crippen LogP contribution in [0.15, 0.2) is 29.5 Å². The summed E-state index contributed by atoms with van der Waals surface area (Å²) in [5.41, 5.74) is 5.88. The van der Waals surface area contributed by atoms with Gasteiger partial charge in [0.15, 0.2) is 5.03 Å². The maximum Gasteiger partial charge on any atom is 0.272 e. The van der Waals surface area contributed by atoms with Gasteiger partial charge in [0.1, 0.15) is 10.8 Å². The fraction of sp³-hybridized carbons (Fsp3) is 0.364. The molecule has 9 nitrogen and oxygen atoms in total. The Hall–Kier alpha value is -2.71. The molecule has 1 amide bonds. The van der Waals surface area contributed by atoms with E-state index in [4.69, 9.17) is 5.73 Å². The fourth-order valence-electron chi connectivity index (χ4n) is 1.94. The van der Waals surface area contributed by atoms with E-state index in [0.717, 1.165) is 0 Å². The molecule has 1 fully saturated rings. The van der Waals surface area contributed by atoms with Crippen molar-refractivity contribution in [2.24, 2.45) is 10.8 Å². The number of rotatable bonds is 2. The molecular weight excluding hydrogens is 264 g/mol. The summed E-state index contributed by atoms with van der Waals surface area (Å²) in [6.45, 7) is 1.65. The van der Waals surface area contributed by atoms with E-state index in [-0.39, 0.29) is 11.9 Å². The summed E-state index contributed by atoms with van der Waals surface area (Å²) in [7, 11) is 0. The van der Waals surface area contributed by atoms with Gasteiger partial charge in [-0.25, -0.2) is 10.1 Å². The lowest BCUT2D eigenvalue weighted by Crippen LogP contribution is -2.52. The van der Waals surface area contributed by atoms with Gasteiger partial charge in [0.05, 0.1) is 0 Å². The van der Waals surface area contributed by atoms with Crippen molar-refractivity contribution in [1.29, 1.82) is 0 Å². The van der Waals surface area contributed by atoms with Crippen LogP contribution in [0, 0.1) is 10.1 Å². The predicted molar refractivity (Wildman–Crippen MR) is 70.3 cm³/mol. The highest BCUT2D eigenvalue weighted by Gasteiger charge is 2.24. The van der Waals surface area contributed by atoms with E-state index in [2.05, 4.69) is 10.1 Å². The summed E-state index contributed by atoms with van der Waals surface area (Å²) in [4.78, 5) is 29.6. The number of nitrogens with two attached hydrogens (primary N) is 1. The molecule has 1 saturated heterocycles. The molecule has 0 atom stereocenters. The van der Waals surface area contributed by atoms with Crippen molar-refractivity contribution in [3.05, 3.63) is 40.2 Å². The molecule has 106 valence electrons. The average molecular weight is 278 g/mol. The molecule has 0 aliphatic carbocycles. The summed E-state index contributed by atoms with van der Waals surface area (Å²) in [5, 5.41) is 12.5. The molecule has 20 heavy (non-hydrogen) atoms. The van der Waals surface area contributed by atoms with E-state index in [9.17, 15) is 14.9 Å². The molecule has 0 radical (unpaired) electrons. The van der Waals surface area contributed by atoms with E-state index < -0.39 is 5.03 Å². The zero-order chi connectivity index (χ0) is 14.5. The molecule has 9 heteroatoms. The maximum atomic E-state index is 12.1. The normalized spacial score (nSPS) is 16.1. The number of nitro groups is 1. The third-order valence-electron chi connectivity index (χ3n) is 2.96. The van der Waals surface area contributed by atoms with Crippen LogP contribution in [0.3, 0.4) is 0 Å². The van der Waals surface area contributed by atoms with E-state index >= 15 is 0 Å². The Morgan fingerprint density at radius 1 is 1.30 bits per heavy atom. The lowest BCUT2D eigenvalue weighted by molar-refractivity contribution is -0.485. The monoisotopic (exact) mass is 278 g/mol. The Morgan fingerprint density at radius 3 is 2.50 bits per heavy atom. The minimum Gasteiger partial charge on any atom is -0.365 e. The zero-order valence-electron chi connectivity index (χ0n) is 10.7. The minimum atomic E-state index is -0.833. The van der Waals surface area contributed by atoms with Crippen LogP contribution in [0.5, 0.6) is 0 Å². The van der Waals surface area contributed by atoms with Crippen molar-refractivity contribution in [2.75, 3.05) is 26.2 Å². The fourth-order valence-corrected chi connectivity index (χ4v) is 1.94. The van der Waals surface area contributed by atoms with Crippen LogP contribution < -0.4 is 5.73 Å². The Bertz CT molecular complexity index is 524. The van der Waals surface area contributed by atoms with Gasteiger partial charge in [-0.1, -0.05) is 6.07 Å². The zero-order valence-corrected chi connectivity index (χ0v) is 10.7. The Morgan fingerprint density at radius 2 is 1.95 bits per heavy atom. The number of carbonyl (C=O) groups excluding carboxylic acids is 1. The largest absolute Gasteiger partial charge is 0.365 e. The first-order chi connectivity index (χ1) is 9.58. The number of hydrazone groups is 1. The standard InChI is InChI=1S/C11H14N6O3/c12-11(14-17(19)20)16-7-5-15(6-8-16)10(18)9-3-1-2-4-13-9/h1-4H,5-8H2,(H2,12,14). The van der Waals surface area contributed by atoms with Crippen LogP contribution >= 0.6 is 0 Å². The molecule has 2 rings (SSSR count). The van der Waals surface area contributed by atoms with Crippen LogP contribution in [0.1, 0.15) is 10.5 Å². The summed E-state index contributed by atoms with van der Waals surface area (Å²) in [5.74, 6) is -0.296. The Labute approximate surface area is 114 Å². The van der Waals surface area contributed by atoms with Crippen LogP contribution in [0.25, 0.3) is 0 Å². The second-order valence-electron chi connectivity index (χ2n) is 4.19. The number of hydrogen-bond donors (Lipinski definition) is 1. The van der Waals surface area contributed by atoms with Crippen molar-refractivity contribution in [1.82, 2.24) is 14.8 Å². The number of amides is 1. The van der Waals surface area contributed by atoms with Gasteiger partial charge < -0.3 is 15.5 Å². The van der Waals surface area contributed by atoms with Gasteiger partial charge in [0.25, 0.3) is 11.9 Å². The van der Waals surface area contributed by atoms with E-state index in [1.807, 2.05) is 0 Å². The van der Waals surface area contributed by atoms with Gasteiger partial charge in [-0.05, 0) is 12.1 Å². The number of hydrogen-bond acceptors (Lipinski definition) is 4. The second kappa shape index (κ2) is 5.95. The van der Waals surface area contributed by atoms with Crippen molar-refractivity contribution in [3.63, 3.8) is 0 Å². The molecule has 0 spiro atoms. The maximum absolute atomic E-state index is 12.1. The van der Waals surface area contributed by atoms with Gasteiger partial charge in [-0.15, -0.1) is 0 Å². The van der Waals surface area contributed by atoms with Crippen molar-refractivity contribution < 1.29 is 9.83 Å². The number of pyridine rings is 1. The highest BCUT2D eigenvalue weighted by atomic mass is 16.7. The van der Waals surface area contributed by atoms with Crippen LogP contribution in [-0.2, 0) is 0 Å². The van der Waals surface area contributed by atoms with E-state index in [1.54, 1.807) is 34.2 Å². The Balaban J connectivity index is 1.95. The third kappa shape index (κ3) is 3.19. The Kier molecular flexibility index (Phi) is 4.08. The number of nitrogens with zero attached hydrogens (tertiary/aromatic N) is 5. The third-order valence-corrected chi connectivity index (χ3v) is 2.96. The highest BCUT2D eigenvalue weighted by Crippen LogP contribution is 2.06. The lowest BCUT2D eigenvalue weighted by atomic mass is 10.2. The van der Waals surface area contributed by atoms with Crippen molar-refractivity contribution in [2.45, 2.75) is 0 Å². The molecule has 0 saturated carbocycles. The highest BCUT2D eigenvalue weighted by molar-refractivity contribution is 5.92. The number of aromatic nitrogens is 1. The first kappa shape index (κ1) is 13.7. The van der Waals surface area contributed by atoms with Crippen LogP contribution in [0.4, 0.5) is 0 Å². The molecule has 1 aliphatic rings. The molecule has 1 aliphatic heterocycles. The molecule has 0 aromatic carbocycles. The van der Waals surface area contributed by atoms with Gasteiger partial charge in [-0.2, -0.15) is 0 Å². The molecule has 2 N–H and O–H groups in total. The first-order valence-corrected chi connectivity index (χ1v) is 6.01. The minimum absolute atomic E-state index is 0.139. The molecule has 0 bridgehead atoms. The number of piperazine rings is 1. The summed E-state index contributed by atoms with van der Waals surface area (Å²) in [6.07, 6.45) is 1.56. The smallest absolute Gasteiger partial charge is 0.272 e. The van der Waals surface area contributed by atoms with Crippen LogP contribution in [0.2, 0.25) is 0 Å². The summed E-state index contributed by atoms with van der Waals surface area (Å²) < 4.78 is 0. The molecular formula is C11H14N6O3. The molecule has 1 aromatic heterocycles. The summed E-state index contributed by atoms with van der Waals surface area (Å²) in [6, 6.07) is 5.14. The van der Waals surface area contributed by atoms with E-state index in [0.29, 0.717) is 31.9 Å². The SMILES string of the molecule is NC(=N[N+](=O)[O-])N1CCN(C(=O)c2ccccn2)CC1. The quantitative estimate of drug-likeness (QED) is 0.332. The second-order valence-corrected chi connectivity index (χ2v) is 4.19.